The topological polar surface area (TPSA) is 55.4 Å². The maximum atomic E-state index is 12.5. The molecule has 2 aromatic rings. The standard InChI is InChI=1S/C15H17NO3S2/c1-2-12-8-9-14(20-12)21(17,18)16-13-7-3-5-11-6-4-10-19-15(11)13/h3,5,7-9,16H,2,4,6,10H2,1H3. The van der Waals surface area contributed by atoms with Gasteiger partial charge < -0.3 is 4.74 Å². The van der Waals surface area contributed by atoms with E-state index in [4.69, 9.17) is 4.74 Å². The van der Waals surface area contributed by atoms with Gasteiger partial charge in [-0.15, -0.1) is 11.3 Å². The van der Waals surface area contributed by atoms with E-state index in [1.165, 1.54) is 11.3 Å². The molecule has 2 heterocycles. The van der Waals surface area contributed by atoms with Gasteiger partial charge in [-0.25, -0.2) is 8.42 Å². The Morgan fingerprint density at radius 3 is 2.90 bits per heavy atom. The molecule has 1 aromatic carbocycles. The van der Waals surface area contributed by atoms with E-state index in [-0.39, 0.29) is 0 Å². The first-order valence-corrected chi connectivity index (χ1v) is 9.26. The Hall–Kier alpha value is -1.53. The summed E-state index contributed by atoms with van der Waals surface area (Å²) in [6.07, 6.45) is 2.72. The van der Waals surface area contributed by atoms with Gasteiger partial charge in [-0.3, -0.25) is 4.72 Å². The third-order valence-corrected chi connectivity index (χ3v) is 6.51. The van der Waals surface area contributed by atoms with Crippen LogP contribution in [-0.4, -0.2) is 15.0 Å². The lowest BCUT2D eigenvalue weighted by molar-refractivity contribution is 0.290. The summed E-state index contributed by atoms with van der Waals surface area (Å²) < 4.78 is 33.6. The van der Waals surface area contributed by atoms with Crippen LogP contribution in [-0.2, 0) is 22.9 Å². The largest absolute Gasteiger partial charge is 0.491 e. The van der Waals surface area contributed by atoms with E-state index in [9.17, 15) is 8.42 Å². The SMILES string of the molecule is CCc1ccc(S(=O)(=O)Nc2cccc3c2OCCC3)s1. The number of rotatable bonds is 4. The molecule has 112 valence electrons. The Morgan fingerprint density at radius 1 is 1.29 bits per heavy atom. The van der Waals surface area contributed by atoms with Crippen molar-refractivity contribution in [3.05, 3.63) is 40.8 Å². The first-order chi connectivity index (χ1) is 10.1. The van der Waals surface area contributed by atoms with E-state index in [0.717, 1.165) is 29.7 Å². The molecule has 1 N–H and O–H groups in total. The predicted molar refractivity (Wildman–Crippen MR) is 84.8 cm³/mol. The van der Waals surface area contributed by atoms with E-state index >= 15 is 0 Å². The van der Waals surface area contributed by atoms with Gasteiger partial charge in [0.05, 0.1) is 12.3 Å². The Bertz CT molecular complexity index is 750. The average molecular weight is 323 g/mol. The van der Waals surface area contributed by atoms with Crippen molar-refractivity contribution in [3.63, 3.8) is 0 Å². The summed E-state index contributed by atoms with van der Waals surface area (Å²) in [5.74, 6) is 0.666. The summed E-state index contributed by atoms with van der Waals surface area (Å²) in [5.41, 5.74) is 1.58. The Labute approximate surface area is 128 Å². The molecule has 6 heteroatoms. The monoisotopic (exact) mass is 323 g/mol. The lowest BCUT2D eigenvalue weighted by atomic mass is 10.1. The lowest BCUT2D eigenvalue weighted by Crippen LogP contribution is -2.15. The molecule has 0 aliphatic carbocycles. The molecule has 1 aliphatic rings. The number of aryl methyl sites for hydroxylation is 2. The summed E-state index contributed by atoms with van der Waals surface area (Å²) in [6.45, 7) is 2.64. The van der Waals surface area contributed by atoms with Crippen molar-refractivity contribution in [3.8, 4) is 5.75 Å². The maximum absolute atomic E-state index is 12.5. The van der Waals surface area contributed by atoms with Gasteiger partial charge in [-0.05, 0) is 43.0 Å². The quantitative estimate of drug-likeness (QED) is 0.938. The number of hydrogen-bond donors (Lipinski definition) is 1. The second-order valence-corrected chi connectivity index (χ2v) is 8.00. The van der Waals surface area contributed by atoms with Crippen LogP contribution in [0.5, 0.6) is 5.75 Å². The van der Waals surface area contributed by atoms with Crippen molar-refractivity contribution in [1.82, 2.24) is 0 Å². The van der Waals surface area contributed by atoms with Crippen molar-refractivity contribution in [1.29, 1.82) is 0 Å². The first kappa shape index (κ1) is 14.4. The highest BCUT2D eigenvalue weighted by Crippen LogP contribution is 2.35. The molecule has 21 heavy (non-hydrogen) atoms. The molecule has 0 fully saturated rings. The first-order valence-electron chi connectivity index (χ1n) is 6.96. The molecule has 0 atom stereocenters. The molecule has 4 nitrogen and oxygen atoms in total. The molecule has 0 radical (unpaired) electrons. The summed E-state index contributed by atoms with van der Waals surface area (Å²) in [7, 11) is -3.55. The summed E-state index contributed by atoms with van der Waals surface area (Å²) in [6, 6.07) is 9.10. The Morgan fingerprint density at radius 2 is 2.14 bits per heavy atom. The third-order valence-electron chi connectivity index (χ3n) is 3.43. The highest BCUT2D eigenvalue weighted by atomic mass is 32.2. The van der Waals surface area contributed by atoms with Crippen molar-refractivity contribution >= 4 is 27.0 Å². The number of ether oxygens (including phenoxy) is 1. The number of anilines is 1. The lowest BCUT2D eigenvalue weighted by Gasteiger charge is -2.20. The van der Waals surface area contributed by atoms with Gasteiger partial charge in [-0.1, -0.05) is 19.1 Å². The molecule has 0 unspecified atom stereocenters. The number of nitrogens with one attached hydrogen (secondary N) is 1. The van der Waals surface area contributed by atoms with Gasteiger partial charge in [0.15, 0.2) is 0 Å². The zero-order chi connectivity index (χ0) is 14.9. The summed E-state index contributed by atoms with van der Waals surface area (Å²) >= 11 is 1.31. The van der Waals surface area contributed by atoms with Gasteiger partial charge in [0, 0.05) is 4.88 Å². The summed E-state index contributed by atoms with van der Waals surface area (Å²) in [5, 5.41) is 0. The van der Waals surface area contributed by atoms with Gasteiger partial charge in [0.25, 0.3) is 10.0 Å². The number of thiophene rings is 1. The van der Waals surface area contributed by atoms with Crippen molar-refractivity contribution < 1.29 is 13.2 Å². The Kier molecular flexibility index (Phi) is 3.91. The fourth-order valence-corrected chi connectivity index (χ4v) is 4.72. The second-order valence-electron chi connectivity index (χ2n) is 4.93. The van der Waals surface area contributed by atoms with Crippen LogP contribution in [0.2, 0.25) is 0 Å². The molecule has 0 saturated heterocycles. The van der Waals surface area contributed by atoms with Gasteiger partial charge in [-0.2, -0.15) is 0 Å². The minimum Gasteiger partial charge on any atom is -0.491 e. The van der Waals surface area contributed by atoms with Crippen LogP contribution in [0.25, 0.3) is 0 Å². The molecule has 0 saturated carbocycles. The smallest absolute Gasteiger partial charge is 0.271 e. The normalized spacial score (nSPS) is 14.3. The van der Waals surface area contributed by atoms with Crippen LogP contribution in [0.1, 0.15) is 23.8 Å². The van der Waals surface area contributed by atoms with Crippen molar-refractivity contribution in [2.45, 2.75) is 30.4 Å². The Balaban J connectivity index is 1.92. The number of sulfonamides is 1. The average Bonchev–Trinajstić information content (AvgIpc) is 2.97. The van der Waals surface area contributed by atoms with Crippen LogP contribution >= 0.6 is 11.3 Å². The zero-order valence-electron chi connectivity index (χ0n) is 11.8. The van der Waals surface area contributed by atoms with E-state index in [0.29, 0.717) is 22.3 Å². The zero-order valence-corrected chi connectivity index (χ0v) is 13.4. The molecular formula is C15H17NO3S2. The molecule has 3 rings (SSSR count). The molecular weight excluding hydrogens is 306 g/mol. The van der Waals surface area contributed by atoms with E-state index in [1.54, 1.807) is 12.1 Å². The van der Waals surface area contributed by atoms with Crippen molar-refractivity contribution in [2.24, 2.45) is 0 Å². The van der Waals surface area contributed by atoms with E-state index in [1.807, 2.05) is 25.1 Å². The minimum atomic E-state index is -3.55. The highest BCUT2D eigenvalue weighted by Gasteiger charge is 2.21. The van der Waals surface area contributed by atoms with Crippen LogP contribution in [0.4, 0.5) is 5.69 Å². The van der Waals surface area contributed by atoms with Crippen LogP contribution in [0.15, 0.2) is 34.5 Å². The fourth-order valence-electron chi connectivity index (χ4n) is 2.36. The van der Waals surface area contributed by atoms with Gasteiger partial charge in [0.2, 0.25) is 0 Å². The molecule has 1 aliphatic heterocycles. The molecule has 0 spiro atoms. The summed E-state index contributed by atoms with van der Waals surface area (Å²) in [4.78, 5) is 1.06. The number of fused-ring (bicyclic) bond motifs is 1. The van der Waals surface area contributed by atoms with Gasteiger partial charge in [0.1, 0.15) is 9.96 Å². The number of para-hydroxylation sites is 1. The number of benzene rings is 1. The highest BCUT2D eigenvalue weighted by molar-refractivity contribution is 7.94. The maximum Gasteiger partial charge on any atom is 0.271 e. The van der Waals surface area contributed by atoms with E-state index < -0.39 is 10.0 Å². The third kappa shape index (κ3) is 2.91. The van der Waals surface area contributed by atoms with E-state index in [2.05, 4.69) is 4.72 Å². The molecule has 0 bridgehead atoms. The predicted octanol–water partition coefficient (Wildman–Crippen LogP) is 3.44. The van der Waals surface area contributed by atoms with Crippen LogP contribution in [0.3, 0.4) is 0 Å². The van der Waals surface area contributed by atoms with Crippen molar-refractivity contribution in [2.75, 3.05) is 11.3 Å². The van der Waals surface area contributed by atoms with Crippen LogP contribution in [0, 0.1) is 0 Å². The molecule has 0 amide bonds. The number of hydrogen-bond acceptors (Lipinski definition) is 4. The molecule has 1 aromatic heterocycles. The van der Waals surface area contributed by atoms with Crippen LogP contribution < -0.4 is 9.46 Å². The fraction of sp³-hybridized carbons (Fsp3) is 0.333. The van der Waals surface area contributed by atoms with Gasteiger partial charge >= 0.3 is 0 Å². The minimum absolute atomic E-state index is 0.341. The second kappa shape index (κ2) is 5.69.